The third kappa shape index (κ3) is 8.22. The lowest BCUT2D eigenvalue weighted by Gasteiger charge is -2.26. The molecule has 10 aromatic rings. The lowest BCUT2D eigenvalue weighted by molar-refractivity contribution is 1.06. The smallest absolute Gasteiger partial charge is 0.164 e. The van der Waals surface area contributed by atoms with E-state index in [4.69, 9.17) is 15.0 Å². The monoisotopic (exact) mass is 843 g/mol. The van der Waals surface area contributed by atoms with Crippen LogP contribution in [-0.2, 0) is 0 Å². The van der Waals surface area contributed by atoms with Gasteiger partial charge in [0, 0.05) is 16.7 Å². The summed E-state index contributed by atoms with van der Waals surface area (Å²) in [5.74, 6) is 1.91. The zero-order valence-corrected chi connectivity index (χ0v) is 36.4. The maximum atomic E-state index is 5.15. The largest absolute Gasteiger partial charge is 0.208 e. The lowest BCUT2D eigenvalue weighted by atomic mass is 9.77. The zero-order valence-electron chi connectivity index (χ0n) is 36.4. The minimum atomic E-state index is 0.635. The molecule has 1 aliphatic carbocycles. The molecule has 0 unspecified atom stereocenters. The van der Waals surface area contributed by atoms with E-state index < -0.39 is 0 Å². The summed E-state index contributed by atoms with van der Waals surface area (Å²) in [6, 6.07) is 83.9. The molecule has 0 spiro atoms. The number of hydrogen-bond acceptors (Lipinski definition) is 3. The van der Waals surface area contributed by atoms with Gasteiger partial charge in [0.2, 0.25) is 0 Å². The van der Waals surface area contributed by atoms with E-state index in [0.29, 0.717) is 17.5 Å². The zero-order chi connectivity index (χ0) is 44.1. The van der Waals surface area contributed by atoms with Gasteiger partial charge < -0.3 is 0 Å². The Hall–Kier alpha value is -8.53. The van der Waals surface area contributed by atoms with Crippen molar-refractivity contribution in [1.82, 2.24) is 15.0 Å². The molecule has 0 atom stereocenters. The van der Waals surface area contributed by atoms with Crippen molar-refractivity contribution in [2.24, 2.45) is 0 Å². The fraction of sp³-hybridized carbons (Fsp3) is 0.0317. The van der Waals surface area contributed by atoms with Crippen LogP contribution in [0.1, 0.15) is 24.0 Å². The van der Waals surface area contributed by atoms with Gasteiger partial charge in [-0.1, -0.05) is 237 Å². The quantitative estimate of drug-likeness (QED) is 0.138. The highest BCUT2D eigenvalue weighted by atomic mass is 15.0. The first-order valence-electron chi connectivity index (χ1n) is 22.7. The number of rotatable bonds is 10. The van der Waals surface area contributed by atoms with Gasteiger partial charge in [0.05, 0.1) is 0 Å². The van der Waals surface area contributed by atoms with Crippen LogP contribution in [0.3, 0.4) is 0 Å². The number of allylic oxidation sites excluding steroid dienone is 4. The summed E-state index contributed by atoms with van der Waals surface area (Å²) in [6.07, 6.45) is 6.62. The second kappa shape index (κ2) is 18.3. The molecule has 3 nitrogen and oxygen atoms in total. The van der Waals surface area contributed by atoms with E-state index in [-0.39, 0.29) is 0 Å². The van der Waals surface area contributed by atoms with E-state index in [0.717, 1.165) is 40.7 Å². The number of hydrogen-bond donors (Lipinski definition) is 0. The van der Waals surface area contributed by atoms with Gasteiger partial charge in [-0.15, -0.1) is 0 Å². The predicted molar refractivity (Wildman–Crippen MR) is 275 cm³/mol. The molecular formula is C63H45N3. The second-order valence-electron chi connectivity index (χ2n) is 16.6. The van der Waals surface area contributed by atoms with Crippen molar-refractivity contribution in [3.05, 3.63) is 260 Å². The summed E-state index contributed by atoms with van der Waals surface area (Å²) in [7, 11) is 0. The van der Waals surface area contributed by atoms with Crippen LogP contribution in [0.4, 0.5) is 0 Å². The molecule has 3 heteroatoms. The molecule has 0 aliphatic heterocycles. The molecule has 0 saturated carbocycles. The molecule has 0 bridgehead atoms. The molecule has 0 fully saturated rings. The second-order valence-corrected chi connectivity index (χ2v) is 16.6. The Bertz CT molecular complexity index is 3340. The Morgan fingerprint density at radius 1 is 0.273 bits per heavy atom. The molecule has 11 rings (SSSR count). The summed E-state index contributed by atoms with van der Waals surface area (Å²) >= 11 is 0. The van der Waals surface area contributed by atoms with Gasteiger partial charge in [-0.25, -0.2) is 15.0 Å². The number of benzene rings is 9. The minimum Gasteiger partial charge on any atom is -0.208 e. The molecule has 0 N–H and O–H groups in total. The fourth-order valence-corrected chi connectivity index (χ4v) is 9.23. The van der Waals surface area contributed by atoms with Gasteiger partial charge in [-0.3, -0.25) is 0 Å². The average molecular weight is 844 g/mol. The molecular weight excluding hydrogens is 799 g/mol. The molecule has 312 valence electrons. The van der Waals surface area contributed by atoms with Crippen LogP contribution >= 0.6 is 0 Å². The van der Waals surface area contributed by atoms with Gasteiger partial charge >= 0.3 is 0 Å². The molecule has 0 amide bonds. The van der Waals surface area contributed by atoms with Crippen LogP contribution in [0.15, 0.2) is 249 Å². The van der Waals surface area contributed by atoms with Crippen LogP contribution in [0.2, 0.25) is 0 Å². The van der Waals surface area contributed by atoms with Crippen LogP contribution in [0.5, 0.6) is 0 Å². The van der Waals surface area contributed by atoms with Crippen molar-refractivity contribution in [1.29, 1.82) is 0 Å². The van der Waals surface area contributed by atoms with E-state index in [2.05, 4.69) is 224 Å². The summed E-state index contributed by atoms with van der Waals surface area (Å²) in [6.45, 7) is 0. The van der Waals surface area contributed by atoms with Crippen LogP contribution in [0, 0.1) is 0 Å². The summed E-state index contributed by atoms with van der Waals surface area (Å²) in [4.78, 5) is 15.3. The average Bonchev–Trinajstić information content (AvgIpc) is 3.41. The summed E-state index contributed by atoms with van der Waals surface area (Å²) in [5, 5.41) is 0. The third-order valence-electron chi connectivity index (χ3n) is 12.4. The van der Waals surface area contributed by atoms with E-state index in [1.807, 2.05) is 24.3 Å². The van der Waals surface area contributed by atoms with Gasteiger partial charge in [-0.05, 0) is 103 Å². The Morgan fingerprint density at radius 3 is 1.20 bits per heavy atom. The van der Waals surface area contributed by atoms with Crippen LogP contribution in [-0.4, -0.2) is 15.0 Å². The normalized spacial score (nSPS) is 12.3. The van der Waals surface area contributed by atoms with Gasteiger partial charge in [-0.2, -0.15) is 0 Å². The van der Waals surface area contributed by atoms with E-state index in [1.54, 1.807) is 0 Å². The topological polar surface area (TPSA) is 38.7 Å². The van der Waals surface area contributed by atoms with Crippen LogP contribution in [0.25, 0.3) is 101 Å². The SMILES string of the molecule is C1=C(c2cccc(-c3nc(-c4ccccc4)nc(-c4ccc(-c5ccccc5)cc4)n3)c2)C=C(c2cc(-c3ccccc3)c(-c3ccccc3)c(-c3ccccc3)c2-c2ccccc2)CC1. The first kappa shape index (κ1) is 40.3. The van der Waals surface area contributed by atoms with E-state index in [9.17, 15) is 0 Å². The molecule has 1 heterocycles. The molecule has 66 heavy (non-hydrogen) atoms. The molecule has 0 saturated heterocycles. The van der Waals surface area contributed by atoms with Gasteiger partial charge in [0.15, 0.2) is 17.5 Å². The maximum absolute atomic E-state index is 5.15. The van der Waals surface area contributed by atoms with Crippen molar-refractivity contribution >= 4 is 11.1 Å². The maximum Gasteiger partial charge on any atom is 0.164 e. The lowest BCUT2D eigenvalue weighted by Crippen LogP contribution is -2.02. The Labute approximate surface area is 386 Å². The highest BCUT2D eigenvalue weighted by Gasteiger charge is 2.25. The fourth-order valence-electron chi connectivity index (χ4n) is 9.23. The minimum absolute atomic E-state index is 0.635. The van der Waals surface area contributed by atoms with Crippen molar-refractivity contribution in [3.8, 4) is 89.8 Å². The van der Waals surface area contributed by atoms with Crippen molar-refractivity contribution in [3.63, 3.8) is 0 Å². The highest BCUT2D eigenvalue weighted by Crippen LogP contribution is 2.50. The summed E-state index contributed by atoms with van der Waals surface area (Å²) < 4.78 is 0. The molecule has 1 aliphatic rings. The summed E-state index contributed by atoms with van der Waals surface area (Å²) in [5.41, 5.74) is 19.7. The number of aromatic nitrogens is 3. The first-order chi connectivity index (χ1) is 32.7. The molecule has 1 aromatic heterocycles. The van der Waals surface area contributed by atoms with Gasteiger partial charge in [0.25, 0.3) is 0 Å². The Balaban J connectivity index is 1.06. The Morgan fingerprint density at radius 2 is 0.652 bits per heavy atom. The molecule has 0 radical (unpaired) electrons. The molecule has 9 aromatic carbocycles. The standard InChI is InChI=1S/C63H45N3/c1-7-21-44(22-8-1)45-37-39-51(40-38-45)62-64-61(50-31-17-6-18-32-50)65-63(66-62)55-36-20-34-53(42-55)52-33-19-35-54(41-52)57-43-56(46-23-9-2-10-24-46)58(47-25-11-3-12-26-47)60(49-29-15-5-16-30-49)59(57)48-27-13-4-14-28-48/h1-18,20-34,36-43H,19,35H2. The third-order valence-corrected chi connectivity index (χ3v) is 12.4. The van der Waals surface area contributed by atoms with Gasteiger partial charge in [0.1, 0.15) is 0 Å². The first-order valence-corrected chi connectivity index (χ1v) is 22.7. The van der Waals surface area contributed by atoms with Crippen molar-refractivity contribution in [2.75, 3.05) is 0 Å². The van der Waals surface area contributed by atoms with E-state index in [1.165, 1.54) is 66.8 Å². The van der Waals surface area contributed by atoms with Crippen molar-refractivity contribution in [2.45, 2.75) is 12.8 Å². The van der Waals surface area contributed by atoms with Crippen LogP contribution < -0.4 is 0 Å². The van der Waals surface area contributed by atoms with Crippen molar-refractivity contribution < 1.29 is 0 Å². The number of nitrogens with zero attached hydrogens (tertiary/aromatic N) is 3. The predicted octanol–water partition coefficient (Wildman–Crippen LogP) is 16.5. The highest BCUT2D eigenvalue weighted by molar-refractivity contribution is 6.06. The van der Waals surface area contributed by atoms with E-state index >= 15 is 0 Å². The Kier molecular flexibility index (Phi) is 11.2.